The summed E-state index contributed by atoms with van der Waals surface area (Å²) in [4.78, 5) is 11.2. The summed E-state index contributed by atoms with van der Waals surface area (Å²) in [5.74, 6) is -0.210. The quantitative estimate of drug-likeness (QED) is 0.852. The third kappa shape index (κ3) is 4.16. The number of nitrogens with two attached hydrogens (primary N) is 1. The monoisotopic (exact) mass is 290 g/mol. The second-order valence-electron chi connectivity index (χ2n) is 3.00. The zero-order chi connectivity index (χ0) is 12.0. The van der Waals surface area contributed by atoms with Crippen molar-refractivity contribution in [1.82, 2.24) is 5.32 Å². The predicted octanol–water partition coefficient (Wildman–Crippen LogP) is 1.04. The Morgan fingerprint density at radius 2 is 2.31 bits per heavy atom. The Morgan fingerprint density at radius 1 is 1.56 bits per heavy atom. The molecule has 4 nitrogen and oxygen atoms in total. The van der Waals surface area contributed by atoms with Crippen LogP contribution in [0.2, 0.25) is 0 Å². The minimum Gasteiger partial charge on any atom is -0.483 e. The molecule has 0 saturated heterocycles. The maximum atomic E-state index is 12.7. The molecule has 0 aliphatic carbocycles. The van der Waals surface area contributed by atoms with Crippen LogP contribution in [0.1, 0.15) is 0 Å². The van der Waals surface area contributed by atoms with Gasteiger partial charge >= 0.3 is 0 Å². The van der Waals surface area contributed by atoms with Crippen LogP contribution in [0.4, 0.5) is 4.39 Å². The van der Waals surface area contributed by atoms with Gasteiger partial charge in [0.05, 0.1) is 4.47 Å². The second kappa shape index (κ2) is 6.44. The van der Waals surface area contributed by atoms with Gasteiger partial charge in [-0.1, -0.05) is 0 Å². The van der Waals surface area contributed by atoms with E-state index in [1.54, 1.807) is 0 Å². The van der Waals surface area contributed by atoms with E-state index >= 15 is 0 Å². The number of hydrogen-bond donors (Lipinski definition) is 2. The highest BCUT2D eigenvalue weighted by Gasteiger charge is 2.05. The fourth-order valence-corrected chi connectivity index (χ4v) is 1.46. The number of benzene rings is 1. The van der Waals surface area contributed by atoms with Crippen LogP contribution in [0.25, 0.3) is 0 Å². The van der Waals surface area contributed by atoms with Gasteiger partial charge < -0.3 is 15.8 Å². The van der Waals surface area contributed by atoms with E-state index in [9.17, 15) is 9.18 Å². The van der Waals surface area contributed by atoms with E-state index in [0.29, 0.717) is 23.3 Å². The second-order valence-corrected chi connectivity index (χ2v) is 3.86. The number of carbonyl (C=O) groups is 1. The van der Waals surface area contributed by atoms with Crippen LogP contribution in [-0.4, -0.2) is 25.6 Å². The molecule has 0 atom stereocenters. The third-order valence-electron chi connectivity index (χ3n) is 1.72. The number of rotatable bonds is 5. The summed E-state index contributed by atoms with van der Waals surface area (Å²) in [5, 5.41) is 2.56. The average Bonchev–Trinajstić information content (AvgIpc) is 2.25. The molecule has 0 heterocycles. The van der Waals surface area contributed by atoms with E-state index in [4.69, 9.17) is 10.5 Å². The van der Waals surface area contributed by atoms with Gasteiger partial charge in [-0.2, -0.15) is 0 Å². The molecule has 0 bridgehead atoms. The number of hydrogen-bond acceptors (Lipinski definition) is 3. The van der Waals surface area contributed by atoms with Crippen molar-refractivity contribution in [2.75, 3.05) is 19.7 Å². The first-order valence-electron chi connectivity index (χ1n) is 4.68. The van der Waals surface area contributed by atoms with Crippen LogP contribution < -0.4 is 15.8 Å². The highest BCUT2D eigenvalue weighted by Crippen LogP contribution is 2.25. The van der Waals surface area contributed by atoms with E-state index in [-0.39, 0.29) is 18.3 Å². The van der Waals surface area contributed by atoms with Crippen LogP contribution in [0.5, 0.6) is 5.75 Å². The van der Waals surface area contributed by atoms with Crippen LogP contribution in [0.3, 0.4) is 0 Å². The molecule has 16 heavy (non-hydrogen) atoms. The summed E-state index contributed by atoms with van der Waals surface area (Å²) in [6, 6.07) is 3.99. The lowest BCUT2D eigenvalue weighted by atomic mass is 10.3. The summed E-state index contributed by atoms with van der Waals surface area (Å²) >= 11 is 3.13. The molecular weight excluding hydrogens is 279 g/mol. The van der Waals surface area contributed by atoms with Crippen molar-refractivity contribution >= 4 is 21.8 Å². The smallest absolute Gasteiger partial charge is 0.257 e. The van der Waals surface area contributed by atoms with Crippen molar-refractivity contribution in [2.45, 2.75) is 0 Å². The molecule has 0 fully saturated rings. The molecule has 88 valence electrons. The van der Waals surface area contributed by atoms with Crippen molar-refractivity contribution in [3.05, 3.63) is 28.5 Å². The standard InChI is InChI=1S/C10H12BrFN2O2/c11-8-5-7(12)1-2-9(8)16-6-10(15)14-4-3-13/h1-2,5H,3-4,6,13H2,(H,14,15). The first-order valence-corrected chi connectivity index (χ1v) is 5.47. The van der Waals surface area contributed by atoms with E-state index in [0.717, 1.165) is 0 Å². The van der Waals surface area contributed by atoms with Crippen molar-refractivity contribution in [3.63, 3.8) is 0 Å². The molecule has 3 N–H and O–H groups in total. The molecule has 1 amide bonds. The maximum Gasteiger partial charge on any atom is 0.257 e. The Bertz CT molecular complexity index is 374. The zero-order valence-corrected chi connectivity index (χ0v) is 10.1. The van der Waals surface area contributed by atoms with Gasteiger partial charge in [-0.3, -0.25) is 4.79 Å². The van der Waals surface area contributed by atoms with Gasteiger partial charge in [0.1, 0.15) is 11.6 Å². The van der Waals surface area contributed by atoms with Gasteiger partial charge in [0.25, 0.3) is 5.91 Å². The predicted molar refractivity (Wildman–Crippen MR) is 61.7 cm³/mol. The third-order valence-corrected chi connectivity index (χ3v) is 2.34. The normalized spacial score (nSPS) is 9.94. The molecule has 1 rings (SSSR count). The van der Waals surface area contributed by atoms with Crippen molar-refractivity contribution < 1.29 is 13.9 Å². The lowest BCUT2D eigenvalue weighted by Gasteiger charge is -2.08. The van der Waals surface area contributed by atoms with Crippen molar-refractivity contribution in [2.24, 2.45) is 5.73 Å². The molecule has 0 aromatic heterocycles. The average molecular weight is 291 g/mol. The molecular formula is C10H12BrFN2O2. The largest absolute Gasteiger partial charge is 0.483 e. The SMILES string of the molecule is NCCNC(=O)COc1ccc(F)cc1Br. The molecule has 0 aliphatic rings. The lowest BCUT2D eigenvalue weighted by molar-refractivity contribution is -0.123. The van der Waals surface area contributed by atoms with Crippen LogP contribution in [0.15, 0.2) is 22.7 Å². The molecule has 6 heteroatoms. The van der Waals surface area contributed by atoms with Crippen LogP contribution >= 0.6 is 15.9 Å². The fourth-order valence-electron chi connectivity index (χ4n) is 0.998. The summed E-state index contributed by atoms with van der Waals surface area (Å²) in [6.07, 6.45) is 0. The highest BCUT2D eigenvalue weighted by atomic mass is 79.9. The maximum absolute atomic E-state index is 12.7. The van der Waals surface area contributed by atoms with Gasteiger partial charge in [-0.15, -0.1) is 0 Å². The van der Waals surface area contributed by atoms with Gasteiger partial charge in [0.2, 0.25) is 0 Å². The van der Waals surface area contributed by atoms with Gasteiger partial charge in [-0.25, -0.2) is 4.39 Å². The lowest BCUT2D eigenvalue weighted by Crippen LogP contribution is -2.32. The first-order chi connectivity index (χ1) is 7.63. The summed E-state index contributed by atoms with van der Waals surface area (Å²) in [7, 11) is 0. The molecule has 1 aromatic carbocycles. The molecule has 0 saturated carbocycles. The number of halogens is 2. The topological polar surface area (TPSA) is 64.3 Å². The Morgan fingerprint density at radius 3 is 2.94 bits per heavy atom. The first kappa shape index (κ1) is 12.9. The molecule has 0 aliphatic heterocycles. The van der Waals surface area contributed by atoms with E-state index in [1.807, 2.05) is 0 Å². The minimum atomic E-state index is -0.369. The zero-order valence-electron chi connectivity index (χ0n) is 8.50. The number of ether oxygens (including phenoxy) is 1. The molecule has 1 aromatic rings. The number of carbonyl (C=O) groups excluding carboxylic acids is 1. The highest BCUT2D eigenvalue weighted by molar-refractivity contribution is 9.10. The Labute approximate surface area is 101 Å². The molecule has 0 radical (unpaired) electrons. The summed E-state index contributed by atoms with van der Waals surface area (Å²) < 4.78 is 18.4. The minimum absolute atomic E-state index is 0.121. The van der Waals surface area contributed by atoms with Gasteiger partial charge in [0.15, 0.2) is 6.61 Å². The van der Waals surface area contributed by atoms with Crippen molar-refractivity contribution in [3.8, 4) is 5.75 Å². The van der Waals surface area contributed by atoms with Crippen LogP contribution in [0, 0.1) is 5.82 Å². The van der Waals surface area contributed by atoms with Crippen LogP contribution in [-0.2, 0) is 4.79 Å². The number of amides is 1. The molecule has 0 unspecified atom stereocenters. The van der Waals surface area contributed by atoms with Crippen molar-refractivity contribution in [1.29, 1.82) is 0 Å². The van der Waals surface area contributed by atoms with E-state index in [1.165, 1.54) is 18.2 Å². The fraction of sp³-hybridized carbons (Fsp3) is 0.300. The molecule has 0 spiro atoms. The van der Waals surface area contributed by atoms with Gasteiger partial charge in [0, 0.05) is 13.1 Å². The summed E-state index contributed by atoms with van der Waals surface area (Å²) in [5.41, 5.74) is 5.22. The Kier molecular flexibility index (Phi) is 5.21. The van der Waals surface area contributed by atoms with E-state index in [2.05, 4.69) is 21.2 Å². The van der Waals surface area contributed by atoms with Gasteiger partial charge in [-0.05, 0) is 34.1 Å². The van der Waals surface area contributed by atoms with E-state index < -0.39 is 0 Å². The summed E-state index contributed by atoms with van der Waals surface area (Å²) in [6.45, 7) is 0.670. The Balaban J connectivity index is 2.45. The Hall–Kier alpha value is -1.14. The number of nitrogens with one attached hydrogen (secondary N) is 1.